The lowest BCUT2D eigenvalue weighted by molar-refractivity contribution is 0.140. The van der Waals surface area contributed by atoms with Crippen molar-refractivity contribution in [3.8, 4) is 0 Å². The Balaban J connectivity index is 1.64. The van der Waals surface area contributed by atoms with Crippen molar-refractivity contribution in [1.82, 2.24) is 8.61 Å². The number of hydrogen-bond acceptors (Lipinski definition) is 10. The third-order valence-electron chi connectivity index (χ3n) is 9.10. The molecule has 14 heteroatoms. The van der Waals surface area contributed by atoms with Gasteiger partial charge >= 0.3 is 0 Å². The third-order valence-corrected chi connectivity index (χ3v) is 12.9. The summed E-state index contributed by atoms with van der Waals surface area (Å²) in [7, 11) is -7.62. The van der Waals surface area contributed by atoms with Crippen LogP contribution in [0.15, 0.2) is 56.5 Å². The smallest absolute Gasteiger partial charge is 0.243 e. The Morgan fingerprint density at radius 2 is 0.917 bits per heavy atom. The number of nitrogens with zero attached hydrogens (tertiary/aromatic N) is 4. The fourth-order valence-corrected chi connectivity index (χ4v) is 9.45. The number of benzene rings is 2. The predicted molar refractivity (Wildman–Crippen MR) is 187 cm³/mol. The summed E-state index contributed by atoms with van der Waals surface area (Å²) in [5.41, 5.74) is 14.3. The minimum Gasteiger partial charge on any atom is -0.395 e. The van der Waals surface area contributed by atoms with Gasteiger partial charge in [-0.3, -0.25) is 0 Å². The molecule has 0 bridgehead atoms. The number of nitrogens with two attached hydrogens (primary N) is 2. The number of rotatable bonds is 14. The highest BCUT2D eigenvalue weighted by Crippen LogP contribution is 2.34. The summed E-state index contributed by atoms with van der Waals surface area (Å²) in [5.74, 6) is 0. The van der Waals surface area contributed by atoms with Gasteiger partial charge in [0.05, 0.1) is 9.79 Å². The predicted octanol–water partition coefficient (Wildman–Crippen LogP) is 4.15. The van der Waals surface area contributed by atoms with Crippen LogP contribution in [0.4, 0.5) is 0 Å². The maximum atomic E-state index is 13.9. The quantitative estimate of drug-likeness (QED) is 0.187. The molecule has 0 aromatic heterocycles. The summed E-state index contributed by atoms with van der Waals surface area (Å²) in [6.07, 6.45) is 10.2. The second-order valence-electron chi connectivity index (χ2n) is 12.6. The summed E-state index contributed by atoms with van der Waals surface area (Å²) in [4.78, 5) is 11.8. The molecule has 0 spiro atoms. The summed E-state index contributed by atoms with van der Waals surface area (Å²) < 4.78 is 58.9. The molecule has 2 aromatic carbocycles. The molecule has 2 fully saturated rings. The molecule has 2 aromatic rings. The van der Waals surface area contributed by atoms with Crippen LogP contribution in [0.25, 0.3) is 0 Å². The lowest BCUT2D eigenvalue weighted by Gasteiger charge is -2.26. The Morgan fingerprint density at radius 3 is 1.29 bits per heavy atom. The average Bonchev–Trinajstić information content (AvgIpc) is 3.55. The molecule has 0 saturated carbocycles. The first kappa shape index (κ1) is 36.4. The van der Waals surface area contributed by atoms with Crippen LogP contribution >= 0.6 is 0 Å². The Labute approximate surface area is 285 Å². The van der Waals surface area contributed by atoms with Crippen molar-refractivity contribution in [3.63, 3.8) is 0 Å². The molecule has 48 heavy (non-hydrogen) atoms. The summed E-state index contributed by atoms with van der Waals surface area (Å²) in [6, 6.07) is 9.90. The van der Waals surface area contributed by atoms with Gasteiger partial charge in [0.25, 0.3) is 0 Å². The van der Waals surface area contributed by atoms with Crippen molar-refractivity contribution in [2.24, 2.45) is 21.8 Å². The maximum Gasteiger partial charge on any atom is 0.243 e. The van der Waals surface area contributed by atoms with E-state index in [1.807, 2.05) is 0 Å². The van der Waals surface area contributed by atoms with E-state index in [-0.39, 0.29) is 9.79 Å². The molecular formula is C34H50N6O6S2. The van der Waals surface area contributed by atoms with Crippen LogP contribution in [0, 0.1) is 0 Å². The summed E-state index contributed by atoms with van der Waals surface area (Å²) in [6.45, 7) is 3.57. The van der Waals surface area contributed by atoms with E-state index in [2.05, 4.69) is 10.3 Å². The number of fused-ring (bicyclic) bond motifs is 2. The lowest BCUT2D eigenvalue weighted by atomic mass is 9.83. The monoisotopic (exact) mass is 702 g/mol. The van der Waals surface area contributed by atoms with Gasteiger partial charge in [-0.25, -0.2) is 16.8 Å². The molecule has 2 heterocycles. The fourth-order valence-electron chi connectivity index (χ4n) is 6.36. The number of oxime groups is 2. The van der Waals surface area contributed by atoms with E-state index in [1.165, 1.54) is 0 Å². The molecule has 0 radical (unpaired) electrons. The Hall–Kier alpha value is -2.88. The fraction of sp³-hybridized carbons (Fsp3) is 0.588. The number of sulfonamides is 2. The van der Waals surface area contributed by atoms with Crippen molar-refractivity contribution in [2.75, 3.05) is 52.5 Å². The molecule has 2 saturated heterocycles. The van der Waals surface area contributed by atoms with Crippen LogP contribution in [0.5, 0.6) is 0 Å². The van der Waals surface area contributed by atoms with Gasteiger partial charge in [-0.2, -0.15) is 8.61 Å². The summed E-state index contributed by atoms with van der Waals surface area (Å²) >= 11 is 0. The van der Waals surface area contributed by atoms with Crippen LogP contribution < -0.4 is 11.5 Å². The molecule has 0 atom stereocenters. The molecule has 3 aliphatic rings. The maximum absolute atomic E-state index is 13.9. The zero-order valence-corrected chi connectivity index (χ0v) is 29.4. The van der Waals surface area contributed by atoms with E-state index in [4.69, 9.17) is 21.1 Å². The van der Waals surface area contributed by atoms with Gasteiger partial charge in [0.1, 0.15) is 24.6 Å². The third kappa shape index (κ3) is 8.45. The zero-order chi connectivity index (χ0) is 34.0. The SMILES string of the molecule is NCCCCON=C1c2ccc(S(=O)(=O)N3CCCCCC3)cc2C(=NOCCCCN)c2cc(S(=O)(=O)N3CCCCCC3)ccc21. The Morgan fingerprint density at radius 1 is 0.542 bits per heavy atom. The van der Waals surface area contributed by atoms with E-state index >= 15 is 0 Å². The largest absolute Gasteiger partial charge is 0.395 e. The molecule has 4 N–H and O–H groups in total. The highest BCUT2D eigenvalue weighted by atomic mass is 32.2. The minimum atomic E-state index is -3.81. The highest BCUT2D eigenvalue weighted by Gasteiger charge is 2.34. The van der Waals surface area contributed by atoms with Gasteiger partial charge in [0, 0.05) is 48.4 Å². The van der Waals surface area contributed by atoms with Crippen molar-refractivity contribution in [1.29, 1.82) is 0 Å². The van der Waals surface area contributed by atoms with Gasteiger partial charge in [-0.05, 0) is 88.7 Å². The average molecular weight is 703 g/mol. The zero-order valence-electron chi connectivity index (χ0n) is 27.8. The molecule has 12 nitrogen and oxygen atoms in total. The lowest BCUT2D eigenvalue weighted by Crippen LogP contribution is -2.33. The van der Waals surface area contributed by atoms with Crippen LogP contribution in [-0.4, -0.2) is 89.4 Å². The molecular weight excluding hydrogens is 653 g/mol. The first-order valence-corrected chi connectivity index (χ1v) is 20.3. The first-order valence-electron chi connectivity index (χ1n) is 17.4. The topological polar surface area (TPSA) is 170 Å². The van der Waals surface area contributed by atoms with Crippen LogP contribution in [0.2, 0.25) is 0 Å². The standard InChI is InChI=1S/C34H50N6O6S2/c35-17-5-11-23-45-37-33-29-15-13-27(47(41,42)39-19-7-1-2-8-20-39)25-31(29)34(38-46-24-12-6-18-36)32-26-28(14-16-30(32)33)48(43,44)40-21-9-3-4-10-22-40/h13-16,25-26H,1-12,17-24,35-36H2. The number of hydrogen-bond donors (Lipinski definition) is 2. The highest BCUT2D eigenvalue weighted by molar-refractivity contribution is 7.89. The van der Waals surface area contributed by atoms with Gasteiger partial charge < -0.3 is 21.1 Å². The molecule has 264 valence electrons. The van der Waals surface area contributed by atoms with Crippen LogP contribution in [-0.2, 0) is 29.7 Å². The molecule has 1 aliphatic carbocycles. The Kier molecular flexibility index (Phi) is 13.0. The van der Waals surface area contributed by atoms with E-state index in [0.717, 1.165) is 70.6 Å². The van der Waals surface area contributed by atoms with Gasteiger partial charge in [0.15, 0.2) is 0 Å². The molecule has 0 unspecified atom stereocenters. The normalized spacial score (nSPS) is 18.0. The van der Waals surface area contributed by atoms with Crippen molar-refractivity contribution in [2.45, 2.75) is 86.8 Å². The van der Waals surface area contributed by atoms with Crippen molar-refractivity contribution < 1.29 is 26.5 Å². The van der Waals surface area contributed by atoms with Crippen LogP contribution in [0.1, 0.15) is 99.3 Å². The first-order chi connectivity index (χ1) is 23.3. The molecule has 0 amide bonds. The molecule has 5 rings (SSSR count). The van der Waals surface area contributed by atoms with Crippen molar-refractivity contribution >= 4 is 31.5 Å². The minimum absolute atomic E-state index is 0.138. The summed E-state index contributed by atoms with van der Waals surface area (Å²) in [5, 5.41) is 9.07. The van der Waals surface area contributed by atoms with E-state index in [1.54, 1.807) is 45.0 Å². The van der Waals surface area contributed by atoms with Gasteiger partial charge in [-0.15, -0.1) is 0 Å². The Bertz CT molecular complexity index is 1560. The van der Waals surface area contributed by atoms with E-state index in [0.29, 0.717) is 92.6 Å². The second-order valence-corrected chi connectivity index (χ2v) is 16.5. The van der Waals surface area contributed by atoms with Crippen LogP contribution in [0.3, 0.4) is 0 Å². The number of unbranched alkanes of at least 4 members (excludes halogenated alkanes) is 2. The molecule has 2 aliphatic heterocycles. The van der Waals surface area contributed by atoms with Crippen molar-refractivity contribution in [3.05, 3.63) is 58.7 Å². The van der Waals surface area contributed by atoms with E-state index in [9.17, 15) is 16.8 Å². The van der Waals surface area contributed by atoms with Gasteiger partial charge in [0.2, 0.25) is 20.0 Å². The van der Waals surface area contributed by atoms with Gasteiger partial charge in [-0.1, -0.05) is 48.1 Å². The van der Waals surface area contributed by atoms with E-state index < -0.39 is 20.0 Å². The second kappa shape index (κ2) is 17.2.